The van der Waals surface area contributed by atoms with Crippen LogP contribution >= 0.6 is 15.9 Å². The number of benzene rings is 1. The second-order valence-electron chi connectivity index (χ2n) is 2.71. The summed E-state index contributed by atoms with van der Waals surface area (Å²) in [5, 5.41) is 0. The van der Waals surface area contributed by atoms with E-state index in [9.17, 15) is 13.6 Å². The van der Waals surface area contributed by atoms with Crippen LogP contribution in [-0.4, -0.2) is 6.29 Å². The molecule has 0 bridgehead atoms. The fourth-order valence-corrected chi connectivity index (χ4v) is 1.32. The lowest BCUT2D eigenvalue weighted by atomic mass is 10.0. The molecule has 1 nitrogen and oxygen atoms in total. The predicted molar refractivity (Wildman–Crippen MR) is 48.5 cm³/mol. The fourth-order valence-electron chi connectivity index (χ4n) is 0.960. The van der Waals surface area contributed by atoms with Gasteiger partial charge in [-0.1, -0.05) is 6.92 Å². The van der Waals surface area contributed by atoms with Crippen molar-refractivity contribution in [2.75, 3.05) is 0 Å². The molecule has 1 unspecified atom stereocenters. The van der Waals surface area contributed by atoms with Gasteiger partial charge in [0.25, 0.3) is 0 Å². The molecule has 70 valence electrons. The van der Waals surface area contributed by atoms with Crippen LogP contribution in [0.15, 0.2) is 16.6 Å². The lowest BCUT2D eigenvalue weighted by Crippen LogP contribution is -1.99. The van der Waals surface area contributed by atoms with Crippen LogP contribution in [0.25, 0.3) is 0 Å². The molecule has 1 atom stereocenters. The molecule has 0 aliphatic heterocycles. The summed E-state index contributed by atoms with van der Waals surface area (Å²) in [5.74, 6) is -1.92. The molecule has 0 fully saturated rings. The molecule has 0 saturated carbocycles. The molecule has 0 amide bonds. The van der Waals surface area contributed by atoms with Gasteiger partial charge in [-0.15, -0.1) is 0 Å². The molecule has 0 aliphatic rings. The fraction of sp³-hybridized carbons (Fsp3) is 0.222. The van der Waals surface area contributed by atoms with Crippen LogP contribution in [0.1, 0.15) is 18.4 Å². The third kappa shape index (κ3) is 2.12. The van der Waals surface area contributed by atoms with Gasteiger partial charge in [-0.05, 0) is 27.6 Å². The van der Waals surface area contributed by atoms with E-state index in [2.05, 4.69) is 15.9 Å². The highest BCUT2D eigenvalue weighted by Gasteiger charge is 2.13. The van der Waals surface area contributed by atoms with Crippen molar-refractivity contribution in [2.24, 2.45) is 0 Å². The zero-order chi connectivity index (χ0) is 10.0. The van der Waals surface area contributed by atoms with Crippen LogP contribution < -0.4 is 0 Å². The van der Waals surface area contributed by atoms with Gasteiger partial charge in [0, 0.05) is 12.0 Å². The number of carbonyl (C=O) groups is 1. The highest BCUT2D eigenvalue weighted by atomic mass is 79.9. The Kier molecular flexibility index (Phi) is 3.14. The second kappa shape index (κ2) is 3.96. The molecule has 1 aromatic carbocycles. The summed E-state index contributed by atoms with van der Waals surface area (Å²) >= 11 is 2.92. The third-order valence-corrected chi connectivity index (χ3v) is 2.34. The van der Waals surface area contributed by atoms with E-state index < -0.39 is 17.6 Å². The van der Waals surface area contributed by atoms with Crippen molar-refractivity contribution >= 4 is 22.2 Å². The molecule has 4 heteroatoms. The quantitative estimate of drug-likeness (QED) is 0.581. The Labute approximate surface area is 82.9 Å². The molecular weight excluding hydrogens is 242 g/mol. The first kappa shape index (κ1) is 10.3. The van der Waals surface area contributed by atoms with Gasteiger partial charge in [0.15, 0.2) is 0 Å². The van der Waals surface area contributed by atoms with Crippen LogP contribution in [0.3, 0.4) is 0 Å². The number of halogens is 3. The Morgan fingerprint density at radius 3 is 2.54 bits per heavy atom. The lowest BCUT2D eigenvalue weighted by Gasteiger charge is -2.06. The van der Waals surface area contributed by atoms with Gasteiger partial charge in [0.05, 0.1) is 4.47 Å². The highest BCUT2D eigenvalue weighted by molar-refractivity contribution is 9.10. The molecule has 0 radical (unpaired) electrons. The van der Waals surface area contributed by atoms with Crippen molar-refractivity contribution in [2.45, 2.75) is 12.8 Å². The standard InChI is InChI=1S/C9H7BrF2O/c1-5(4-13)6-2-7(10)9(12)3-8(6)11/h2-5H,1H3. The third-order valence-electron chi connectivity index (χ3n) is 1.73. The summed E-state index contributed by atoms with van der Waals surface area (Å²) in [6.45, 7) is 1.55. The van der Waals surface area contributed by atoms with Crippen LogP contribution in [0, 0.1) is 11.6 Å². The molecular formula is C9H7BrF2O. The van der Waals surface area contributed by atoms with Gasteiger partial charge in [-0.3, -0.25) is 0 Å². The Bertz CT molecular complexity index is 339. The van der Waals surface area contributed by atoms with Gasteiger partial charge >= 0.3 is 0 Å². The van der Waals surface area contributed by atoms with Gasteiger partial charge in [-0.2, -0.15) is 0 Å². The van der Waals surface area contributed by atoms with E-state index in [0.29, 0.717) is 6.29 Å². The molecule has 1 rings (SSSR count). The first-order valence-electron chi connectivity index (χ1n) is 3.66. The maximum absolute atomic E-state index is 13.0. The highest BCUT2D eigenvalue weighted by Crippen LogP contribution is 2.24. The predicted octanol–water partition coefficient (Wildman–Crippen LogP) is 3.03. The first-order valence-corrected chi connectivity index (χ1v) is 4.45. The summed E-state index contributed by atoms with van der Waals surface area (Å²) in [6, 6.07) is 2.04. The van der Waals surface area contributed by atoms with E-state index in [1.807, 2.05) is 0 Å². The van der Waals surface area contributed by atoms with Gasteiger partial charge in [-0.25, -0.2) is 8.78 Å². The summed E-state index contributed by atoms with van der Waals surface area (Å²) in [4.78, 5) is 10.4. The molecule has 0 N–H and O–H groups in total. The van der Waals surface area contributed by atoms with Crippen molar-refractivity contribution in [1.82, 2.24) is 0 Å². The van der Waals surface area contributed by atoms with Crippen LogP contribution in [0.2, 0.25) is 0 Å². The summed E-state index contributed by atoms with van der Waals surface area (Å²) < 4.78 is 26.0. The number of aldehydes is 1. The number of hydrogen-bond donors (Lipinski definition) is 0. The van der Waals surface area contributed by atoms with Crippen molar-refractivity contribution < 1.29 is 13.6 Å². The van der Waals surface area contributed by atoms with E-state index in [1.54, 1.807) is 6.92 Å². The Morgan fingerprint density at radius 2 is 2.00 bits per heavy atom. The SMILES string of the molecule is CC(C=O)c1cc(Br)c(F)cc1F. The zero-order valence-corrected chi connectivity index (χ0v) is 8.44. The zero-order valence-electron chi connectivity index (χ0n) is 6.85. The van der Waals surface area contributed by atoms with Gasteiger partial charge in [0.1, 0.15) is 17.9 Å². The van der Waals surface area contributed by atoms with Gasteiger partial charge in [0.2, 0.25) is 0 Å². The molecule has 0 saturated heterocycles. The van der Waals surface area contributed by atoms with E-state index in [0.717, 1.165) is 6.07 Å². The van der Waals surface area contributed by atoms with Crippen molar-refractivity contribution in [3.63, 3.8) is 0 Å². The average Bonchev–Trinajstić information content (AvgIpc) is 2.10. The van der Waals surface area contributed by atoms with E-state index in [-0.39, 0.29) is 10.0 Å². The Balaban J connectivity index is 3.22. The maximum atomic E-state index is 13.0. The molecule has 0 aromatic heterocycles. The Hall–Kier alpha value is -0.770. The normalized spacial score (nSPS) is 12.6. The minimum Gasteiger partial charge on any atom is -0.303 e. The maximum Gasteiger partial charge on any atom is 0.140 e. The minimum atomic E-state index is -0.694. The number of rotatable bonds is 2. The topological polar surface area (TPSA) is 17.1 Å². The minimum absolute atomic E-state index is 0.164. The Morgan fingerprint density at radius 1 is 1.38 bits per heavy atom. The van der Waals surface area contributed by atoms with Crippen LogP contribution in [0.5, 0.6) is 0 Å². The van der Waals surface area contributed by atoms with E-state index in [1.165, 1.54) is 6.07 Å². The van der Waals surface area contributed by atoms with Crippen LogP contribution in [0.4, 0.5) is 8.78 Å². The molecule has 0 spiro atoms. The smallest absolute Gasteiger partial charge is 0.140 e. The molecule has 0 heterocycles. The first-order chi connectivity index (χ1) is 6.06. The number of hydrogen-bond acceptors (Lipinski definition) is 1. The second-order valence-corrected chi connectivity index (χ2v) is 3.57. The van der Waals surface area contributed by atoms with Crippen molar-refractivity contribution in [3.05, 3.63) is 33.8 Å². The van der Waals surface area contributed by atoms with E-state index >= 15 is 0 Å². The monoisotopic (exact) mass is 248 g/mol. The molecule has 13 heavy (non-hydrogen) atoms. The van der Waals surface area contributed by atoms with Crippen molar-refractivity contribution in [1.29, 1.82) is 0 Å². The summed E-state index contributed by atoms with van der Waals surface area (Å²) in [6.07, 6.45) is 0.614. The molecule has 1 aromatic rings. The lowest BCUT2D eigenvalue weighted by molar-refractivity contribution is -0.108. The van der Waals surface area contributed by atoms with Gasteiger partial charge < -0.3 is 4.79 Å². The summed E-state index contributed by atoms with van der Waals surface area (Å²) in [7, 11) is 0. The van der Waals surface area contributed by atoms with Crippen molar-refractivity contribution in [3.8, 4) is 0 Å². The number of carbonyl (C=O) groups excluding carboxylic acids is 1. The summed E-state index contributed by atoms with van der Waals surface area (Å²) in [5.41, 5.74) is 0.197. The molecule has 0 aliphatic carbocycles. The average molecular weight is 249 g/mol. The largest absolute Gasteiger partial charge is 0.303 e. The van der Waals surface area contributed by atoms with E-state index in [4.69, 9.17) is 0 Å². The van der Waals surface area contributed by atoms with Crippen LogP contribution in [-0.2, 0) is 4.79 Å².